The van der Waals surface area contributed by atoms with E-state index >= 15 is 0 Å². The van der Waals surface area contributed by atoms with Gasteiger partial charge in [-0.25, -0.2) is 0 Å². The molecule has 1 N–H and O–H groups in total. The van der Waals surface area contributed by atoms with Crippen LogP contribution >= 0.6 is 0 Å². The van der Waals surface area contributed by atoms with E-state index < -0.39 is 0 Å². The Labute approximate surface area is 167 Å². The molecule has 0 bridgehead atoms. The zero-order valence-corrected chi connectivity index (χ0v) is 16.8. The SMILES string of the molecule is COc1ccc2c(c1)CC[C@@H]1[C@@H]2CC[C@]2(C)[C@@H](O)/C(=C/c3ccncc3)C[C@@H]12. The van der Waals surface area contributed by atoms with Crippen LogP contribution in [0.2, 0.25) is 0 Å². The summed E-state index contributed by atoms with van der Waals surface area (Å²) in [6.45, 7) is 2.33. The van der Waals surface area contributed by atoms with Gasteiger partial charge in [-0.3, -0.25) is 4.98 Å². The molecule has 0 unspecified atom stereocenters. The molecule has 0 radical (unpaired) electrons. The third kappa shape index (κ3) is 2.71. The predicted octanol–water partition coefficient (Wildman–Crippen LogP) is 5.00. The van der Waals surface area contributed by atoms with Crippen LogP contribution in [0, 0.1) is 17.3 Å². The van der Waals surface area contributed by atoms with Crippen LogP contribution in [-0.4, -0.2) is 23.3 Å². The van der Waals surface area contributed by atoms with E-state index in [1.807, 2.05) is 24.5 Å². The van der Waals surface area contributed by atoms with Gasteiger partial charge in [-0.1, -0.05) is 19.1 Å². The fourth-order valence-corrected chi connectivity index (χ4v) is 6.36. The highest BCUT2D eigenvalue weighted by Gasteiger charge is 2.56. The zero-order valence-electron chi connectivity index (χ0n) is 16.8. The Morgan fingerprint density at radius 1 is 1.18 bits per heavy atom. The molecule has 146 valence electrons. The highest BCUT2D eigenvalue weighted by Crippen LogP contribution is 2.62. The molecular weight excluding hydrogens is 346 g/mol. The topological polar surface area (TPSA) is 42.4 Å². The van der Waals surface area contributed by atoms with Crippen molar-refractivity contribution in [3.8, 4) is 5.75 Å². The minimum atomic E-state index is -0.330. The first-order chi connectivity index (χ1) is 13.6. The summed E-state index contributed by atoms with van der Waals surface area (Å²) >= 11 is 0. The van der Waals surface area contributed by atoms with Crippen LogP contribution < -0.4 is 4.74 Å². The van der Waals surface area contributed by atoms with Crippen LogP contribution in [-0.2, 0) is 6.42 Å². The van der Waals surface area contributed by atoms with Crippen molar-refractivity contribution in [1.29, 1.82) is 0 Å². The second-order valence-electron chi connectivity index (χ2n) is 9.13. The van der Waals surface area contributed by atoms with E-state index in [9.17, 15) is 5.11 Å². The molecular formula is C25H29NO2. The van der Waals surface area contributed by atoms with Crippen molar-refractivity contribution in [3.05, 3.63) is 65.0 Å². The summed E-state index contributed by atoms with van der Waals surface area (Å²) in [7, 11) is 1.75. The summed E-state index contributed by atoms with van der Waals surface area (Å²) in [4.78, 5) is 4.11. The summed E-state index contributed by atoms with van der Waals surface area (Å²) in [6, 6.07) is 10.7. The summed E-state index contributed by atoms with van der Waals surface area (Å²) in [5.74, 6) is 2.82. The molecule has 1 aromatic carbocycles. The van der Waals surface area contributed by atoms with Gasteiger partial charge in [0.2, 0.25) is 0 Å². The fourth-order valence-electron chi connectivity index (χ4n) is 6.36. The Morgan fingerprint density at radius 3 is 2.79 bits per heavy atom. The first-order valence-electron chi connectivity index (χ1n) is 10.6. The molecule has 3 aliphatic rings. The molecule has 2 saturated carbocycles. The van der Waals surface area contributed by atoms with Crippen LogP contribution in [0.5, 0.6) is 5.75 Å². The monoisotopic (exact) mass is 375 g/mol. The van der Waals surface area contributed by atoms with E-state index in [2.05, 4.69) is 36.2 Å². The third-order valence-corrected chi connectivity index (χ3v) is 7.86. The average molecular weight is 376 g/mol. The third-order valence-electron chi connectivity index (χ3n) is 7.86. The maximum atomic E-state index is 11.3. The van der Waals surface area contributed by atoms with Gasteiger partial charge < -0.3 is 9.84 Å². The standard InChI is InChI=1S/C25H29NO2/c1-25-10-7-21-20-6-4-19(28-2)14-17(20)3-5-22(21)23(25)15-18(24(25)27)13-16-8-11-26-12-9-16/h4,6,8-9,11-14,21-24,27H,3,5,7,10,15H2,1-2H3/b18-13+/t21-,22-,23+,24+,25+/m1/s1. The maximum Gasteiger partial charge on any atom is 0.119 e. The molecule has 0 spiro atoms. The number of nitrogens with zero attached hydrogens (tertiary/aromatic N) is 1. The number of aliphatic hydroxyl groups is 1. The quantitative estimate of drug-likeness (QED) is 0.803. The van der Waals surface area contributed by atoms with E-state index in [-0.39, 0.29) is 11.5 Å². The maximum absolute atomic E-state index is 11.3. The van der Waals surface area contributed by atoms with Crippen LogP contribution in [0.4, 0.5) is 0 Å². The molecule has 28 heavy (non-hydrogen) atoms. The Bertz CT molecular complexity index is 906. The molecule has 1 heterocycles. The molecule has 5 atom stereocenters. The minimum absolute atomic E-state index is 0.00397. The first-order valence-corrected chi connectivity index (χ1v) is 10.6. The van der Waals surface area contributed by atoms with Gasteiger partial charge in [0.25, 0.3) is 0 Å². The number of aliphatic hydroxyl groups excluding tert-OH is 1. The van der Waals surface area contributed by atoms with Crippen molar-refractivity contribution in [2.24, 2.45) is 17.3 Å². The van der Waals surface area contributed by atoms with Crippen molar-refractivity contribution in [2.75, 3.05) is 7.11 Å². The van der Waals surface area contributed by atoms with Crippen LogP contribution in [0.25, 0.3) is 6.08 Å². The highest BCUT2D eigenvalue weighted by molar-refractivity contribution is 5.55. The lowest BCUT2D eigenvalue weighted by Crippen LogP contribution is -2.44. The van der Waals surface area contributed by atoms with Gasteiger partial charge in [0, 0.05) is 17.8 Å². The van der Waals surface area contributed by atoms with Gasteiger partial charge in [0.1, 0.15) is 5.75 Å². The summed E-state index contributed by atoms with van der Waals surface area (Å²) in [5, 5.41) is 11.3. The molecule has 0 amide bonds. The van der Waals surface area contributed by atoms with Crippen molar-refractivity contribution < 1.29 is 9.84 Å². The van der Waals surface area contributed by atoms with E-state index in [0.717, 1.165) is 30.6 Å². The first kappa shape index (κ1) is 17.9. The Hall–Kier alpha value is -2.13. The number of benzene rings is 1. The summed E-state index contributed by atoms with van der Waals surface area (Å²) in [6.07, 6.45) is 11.2. The normalized spacial score (nSPS) is 35.2. The van der Waals surface area contributed by atoms with E-state index in [1.54, 1.807) is 7.11 Å². The lowest BCUT2D eigenvalue weighted by Gasteiger charge is -2.49. The van der Waals surface area contributed by atoms with E-state index in [1.165, 1.54) is 29.5 Å². The van der Waals surface area contributed by atoms with E-state index in [4.69, 9.17) is 4.74 Å². The van der Waals surface area contributed by atoms with Crippen molar-refractivity contribution in [1.82, 2.24) is 4.98 Å². The number of hydrogen-bond donors (Lipinski definition) is 1. The molecule has 3 nitrogen and oxygen atoms in total. The minimum Gasteiger partial charge on any atom is -0.497 e. The molecule has 1 aromatic heterocycles. The molecule has 0 aliphatic heterocycles. The number of ether oxygens (including phenoxy) is 1. The van der Waals surface area contributed by atoms with Crippen molar-refractivity contribution in [2.45, 2.75) is 51.0 Å². The molecule has 0 saturated heterocycles. The van der Waals surface area contributed by atoms with Gasteiger partial charge in [0.05, 0.1) is 13.2 Å². The number of aromatic nitrogens is 1. The zero-order chi connectivity index (χ0) is 19.3. The molecule has 2 aromatic rings. The number of fused-ring (bicyclic) bond motifs is 5. The van der Waals surface area contributed by atoms with Gasteiger partial charge in [-0.2, -0.15) is 0 Å². The van der Waals surface area contributed by atoms with Crippen LogP contribution in [0.3, 0.4) is 0 Å². The number of methoxy groups -OCH3 is 1. The van der Waals surface area contributed by atoms with Crippen molar-refractivity contribution in [3.63, 3.8) is 0 Å². The summed E-state index contributed by atoms with van der Waals surface area (Å²) < 4.78 is 5.44. The Morgan fingerprint density at radius 2 is 2.00 bits per heavy atom. The molecule has 3 heteroatoms. The fraction of sp³-hybridized carbons (Fsp3) is 0.480. The number of rotatable bonds is 2. The largest absolute Gasteiger partial charge is 0.497 e. The van der Waals surface area contributed by atoms with Crippen LogP contribution in [0.1, 0.15) is 55.2 Å². The van der Waals surface area contributed by atoms with Gasteiger partial charge >= 0.3 is 0 Å². The highest BCUT2D eigenvalue weighted by atomic mass is 16.5. The number of hydrogen-bond acceptors (Lipinski definition) is 3. The second kappa shape index (κ2) is 6.73. The second-order valence-corrected chi connectivity index (χ2v) is 9.13. The van der Waals surface area contributed by atoms with Gasteiger partial charge in [-0.05, 0) is 96.4 Å². The molecule has 2 fully saturated rings. The number of pyridine rings is 1. The van der Waals surface area contributed by atoms with E-state index in [0.29, 0.717) is 17.8 Å². The molecule has 3 aliphatic carbocycles. The van der Waals surface area contributed by atoms with Crippen molar-refractivity contribution >= 4 is 6.08 Å². The predicted molar refractivity (Wildman–Crippen MR) is 111 cm³/mol. The lowest BCUT2D eigenvalue weighted by atomic mass is 9.55. The Balaban J connectivity index is 1.47. The number of aryl methyl sites for hydroxylation is 1. The molecule has 5 rings (SSSR count). The summed E-state index contributed by atoms with van der Waals surface area (Å²) in [5.41, 5.74) is 5.35. The van der Waals surface area contributed by atoms with Gasteiger partial charge in [-0.15, -0.1) is 0 Å². The van der Waals surface area contributed by atoms with Crippen LogP contribution in [0.15, 0.2) is 48.3 Å². The lowest BCUT2D eigenvalue weighted by molar-refractivity contribution is -0.0158. The smallest absolute Gasteiger partial charge is 0.119 e. The van der Waals surface area contributed by atoms with Gasteiger partial charge in [0.15, 0.2) is 0 Å². The Kier molecular flexibility index (Phi) is 4.31. The average Bonchev–Trinajstić information content (AvgIpc) is 2.99.